The first-order chi connectivity index (χ1) is 31.0. The second kappa shape index (κ2) is 50.0. The lowest BCUT2D eigenvalue weighted by Crippen LogP contribution is -2.46. The summed E-state index contributed by atoms with van der Waals surface area (Å²) >= 11 is 0. The quantitative estimate of drug-likeness (QED) is 0.0322. The predicted octanol–water partition coefficient (Wildman–Crippen LogP) is 16.0. The van der Waals surface area contributed by atoms with Crippen LogP contribution in [0.25, 0.3) is 0 Å². The number of nitrogens with one attached hydrogen (secondary N) is 1. The maximum atomic E-state index is 13.2. The van der Waals surface area contributed by atoms with E-state index in [1.807, 2.05) is 0 Å². The number of rotatable bonds is 46. The summed E-state index contributed by atoms with van der Waals surface area (Å²) in [6, 6.07) is -0.716. The van der Waals surface area contributed by atoms with E-state index in [4.69, 9.17) is 4.74 Å². The van der Waals surface area contributed by atoms with Gasteiger partial charge in [0.05, 0.1) is 25.2 Å². The van der Waals surface area contributed by atoms with Crippen molar-refractivity contribution in [1.82, 2.24) is 5.32 Å². The smallest absolute Gasteiger partial charge is 0.306 e. The highest BCUT2D eigenvalue weighted by Crippen LogP contribution is 2.17. The van der Waals surface area contributed by atoms with E-state index in [1.54, 1.807) is 0 Å². The van der Waals surface area contributed by atoms with Gasteiger partial charge in [-0.15, -0.1) is 0 Å². The van der Waals surface area contributed by atoms with E-state index < -0.39 is 18.2 Å². The average Bonchev–Trinajstić information content (AvgIpc) is 3.28. The molecule has 6 heteroatoms. The topological polar surface area (TPSA) is 95.9 Å². The number of allylic oxidation sites excluding steroid dienone is 14. The van der Waals surface area contributed by atoms with Crippen molar-refractivity contribution in [3.05, 3.63) is 85.1 Å². The van der Waals surface area contributed by atoms with Gasteiger partial charge in [0.25, 0.3) is 0 Å². The third kappa shape index (κ3) is 45.4. The van der Waals surface area contributed by atoms with Gasteiger partial charge in [-0.1, -0.05) is 209 Å². The van der Waals surface area contributed by atoms with Crippen molar-refractivity contribution < 1.29 is 24.5 Å². The van der Waals surface area contributed by atoms with E-state index in [0.29, 0.717) is 19.3 Å². The van der Waals surface area contributed by atoms with Crippen molar-refractivity contribution in [3.8, 4) is 0 Å². The number of carbonyl (C=O) groups excluding carboxylic acids is 2. The highest BCUT2D eigenvalue weighted by atomic mass is 16.5. The number of unbranched alkanes of at least 4 members (excludes halogenated alkanes) is 20. The zero-order valence-electron chi connectivity index (χ0n) is 41.2. The Hall–Kier alpha value is -2.96. The van der Waals surface area contributed by atoms with E-state index >= 15 is 0 Å². The first kappa shape index (κ1) is 60.0. The molecule has 0 radical (unpaired) electrons. The van der Waals surface area contributed by atoms with Crippen LogP contribution in [-0.2, 0) is 14.3 Å². The van der Waals surface area contributed by atoms with Gasteiger partial charge in [-0.25, -0.2) is 0 Å². The number of esters is 1. The molecular weight excluding hydrogens is 779 g/mol. The Morgan fingerprint density at radius 2 is 0.857 bits per heavy atom. The number of hydrogen-bond acceptors (Lipinski definition) is 5. The Balaban J connectivity index is 4.67. The fourth-order valence-electron chi connectivity index (χ4n) is 7.49. The van der Waals surface area contributed by atoms with Gasteiger partial charge in [0.1, 0.15) is 6.10 Å². The molecule has 0 rings (SSSR count). The van der Waals surface area contributed by atoms with E-state index in [0.717, 1.165) is 116 Å². The minimum absolute atomic E-state index is 0.0507. The van der Waals surface area contributed by atoms with Crippen LogP contribution in [0.15, 0.2) is 85.1 Å². The van der Waals surface area contributed by atoms with Gasteiger partial charge < -0.3 is 20.3 Å². The standard InChI is InChI=1S/C57H99NO5/c1-4-7-10-13-16-19-22-24-26-27-28-29-31-33-35-38-41-44-47-50-57(62)63-53(48-45-42-39-36-34-32-30-25-23-20-17-14-11-8-5-2)51-56(61)58-54(52-59)55(60)49-46-43-40-37-21-18-15-12-9-6-3/h7,10,16-17,19-20,24-26,28-30,33,35,53-55,59-60H,4-6,8-9,11-15,18,21-23,27,31-32,34,36-52H2,1-3H3,(H,58,61)/b10-7-,19-16-,20-17-,26-24-,29-28-,30-25-,35-33-. The zero-order valence-corrected chi connectivity index (χ0v) is 41.2. The summed E-state index contributed by atoms with van der Waals surface area (Å²) < 4.78 is 5.92. The third-order valence-corrected chi connectivity index (χ3v) is 11.5. The maximum absolute atomic E-state index is 13.2. The van der Waals surface area contributed by atoms with Crippen molar-refractivity contribution in [2.75, 3.05) is 6.61 Å². The molecule has 63 heavy (non-hydrogen) atoms. The van der Waals surface area contributed by atoms with Crippen LogP contribution in [0.3, 0.4) is 0 Å². The molecule has 0 aromatic heterocycles. The van der Waals surface area contributed by atoms with Gasteiger partial charge in [0.15, 0.2) is 0 Å². The second-order valence-electron chi connectivity index (χ2n) is 17.5. The third-order valence-electron chi connectivity index (χ3n) is 11.5. The van der Waals surface area contributed by atoms with E-state index in [1.165, 1.54) is 77.0 Å². The van der Waals surface area contributed by atoms with E-state index in [-0.39, 0.29) is 24.9 Å². The fraction of sp³-hybridized carbons (Fsp3) is 0.719. The molecule has 6 nitrogen and oxygen atoms in total. The number of amides is 1. The molecule has 0 aromatic rings. The number of aliphatic hydroxyl groups excluding tert-OH is 2. The first-order valence-electron chi connectivity index (χ1n) is 26.3. The SMILES string of the molecule is CC/C=C\C/C=C\C/C=C\C/C=C\C/C=C\CCCCCC(=O)OC(CCCCCCC/C=C\C/C=C\CCCCC)CC(=O)NC(CO)C(O)CCCCCCCCCCCC. The molecule has 0 aliphatic rings. The minimum Gasteiger partial charge on any atom is -0.462 e. The Bertz CT molecular complexity index is 1210. The number of aliphatic hydroxyl groups is 2. The van der Waals surface area contributed by atoms with Gasteiger partial charge in [-0.3, -0.25) is 9.59 Å². The molecule has 0 aliphatic heterocycles. The number of ether oxygens (including phenoxy) is 1. The first-order valence-corrected chi connectivity index (χ1v) is 26.3. The Labute approximate surface area is 389 Å². The molecule has 362 valence electrons. The molecule has 0 heterocycles. The highest BCUT2D eigenvalue weighted by molar-refractivity contribution is 5.77. The molecule has 0 saturated heterocycles. The zero-order chi connectivity index (χ0) is 45.9. The average molecular weight is 878 g/mol. The monoisotopic (exact) mass is 878 g/mol. The second-order valence-corrected chi connectivity index (χ2v) is 17.5. The molecule has 3 unspecified atom stereocenters. The van der Waals surface area contributed by atoms with Crippen molar-refractivity contribution >= 4 is 11.9 Å². The number of hydrogen-bond donors (Lipinski definition) is 3. The Morgan fingerprint density at radius 1 is 0.476 bits per heavy atom. The molecule has 0 spiro atoms. The van der Waals surface area contributed by atoms with Gasteiger partial charge in [0, 0.05) is 6.42 Å². The predicted molar refractivity (Wildman–Crippen MR) is 273 cm³/mol. The molecule has 0 bridgehead atoms. The molecule has 0 aliphatic carbocycles. The van der Waals surface area contributed by atoms with Crippen molar-refractivity contribution in [1.29, 1.82) is 0 Å². The van der Waals surface area contributed by atoms with Crippen molar-refractivity contribution in [2.24, 2.45) is 0 Å². The Kier molecular flexibility index (Phi) is 47.7. The maximum Gasteiger partial charge on any atom is 0.306 e. The molecule has 0 saturated carbocycles. The summed E-state index contributed by atoms with van der Waals surface area (Å²) in [6.07, 6.45) is 65.0. The van der Waals surface area contributed by atoms with Crippen LogP contribution in [0.5, 0.6) is 0 Å². The summed E-state index contributed by atoms with van der Waals surface area (Å²) in [6.45, 7) is 6.32. The molecule has 3 N–H and O–H groups in total. The molecule has 1 amide bonds. The van der Waals surface area contributed by atoms with Gasteiger partial charge >= 0.3 is 5.97 Å². The van der Waals surface area contributed by atoms with Crippen molar-refractivity contribution in [2.45, 2.75) is 257 Å². The molecule has 0 aromatic carbocycles. The largest absolute Gasteiger partial charge is 0.462 e. The van der Waals surface area contributed by atoms with Crippen LogP contribution in [0.2, 0.25) is 0 Å². The number of carbonyl (C=O) groups is 2. The van der Waals surface area contributed by atoms with E-state index in [9.17, 15) is 19.8 Å². The van der Waals surface area contributed by atoms with Crippen LogP contribution in [-0.4, -0.2) is 46.9 Å². The van der Waals surface area contributed by atoms with Crippen LogP contribution in [0.4, 0.5) is 0 Å². The lowest BCUT2D eigenvalue weighted by Gasteiger charge is -2.24. The van der Waals surface area contributed by atoms with Gasteiger partial charge in [-0.2, -0.15) is 0 Å². The molecule has 0 fully saturated rings. The lowest BCUT2D eigenvalue weighted by molar-refractivity contribution is -0.151. The minimum atomic E-state index is -0.800. The highest BCUT2D eigenvalue weighted by Gasteiger charge is 2.24. The van der Waals surface area contributed by atoms with Crippen LogP contribution < -0.4 is 5.32 Å². The van der Waals surface area contributed by atoms with Crippen LogP contribution >= 0.6 is 0 Å². The van der Waals surface area contributed by atoms with Crippen LogP contribution in [0, 0.1) is 0 Å². The lowest BCUT2D eigenvalue weighted by atomic mass is 10.0. The van der Waals surface area contributed by atoms with Gasteiger partial charge in [-0.05, 0) is 103 Å². The van der Waals surface area contributed by atoms with Crippen LogP contribution in [0.1, 0.15) is 239 Å². The van der Waals surface area contributed by atoms with Gasteiger partial charge in [0.2, 0.25) is 5.91 Å². The fourth-order valence-corrected chi connectivity index (χ4v) is 7.49. The summed E-state index contributed by atoms with van der Waals surface area (Å²) in [4.78, 5) is 26.2. The molecule has 3 atom stereocenters. The normalized spacial score (nSPS) is 13.9. The summed E-state index contributed by atoms with van der Waals surface area (Å²) in [5.41, 5.74) is 0. The summed E-state index contributed by atoms with van der Waals surface area (Å²) in [5, 5.41) is 23.7. The molecular formula is C57H99NO5. The Morgan fingerprint density at radius 3 is 1.33 bits per heavy atom. The van der Waals surface area contributed by atoms with Crippen molar-refractivity contribution in [3.63, 3.8) is 0 Å². The summed E-state index contributed by atoms with van der Waals surface area (Å²) in [7, 11) is 0. The van der Waals surface area contributed by atoms with E-state index in [2.05, 4.69) is 111 Å². The summed E-state index contributed by atoms with van der Waals surface area (Å²) in [5.74, 6) is -0.529.